The Balaban J connectivity index is 1.70. The summed E-state index contributed by atoms with van der Waals surface area (Å²) in [5, 5.41) is 23.4. The maximum absolute atomic E-state index is 14.0. The van der Waals surface area contributed by atoms with E-state index in [-0.39, 0.29) is 0 Å². The van der Waals surface area contributed by atoms with Gasteiger partial charge in [-0.1, -0.05) is 0 Å². The first kappa shape index (κ1) is 24.8. The van der Waals surface area contributed by atoms with E-state index in [9.17, 15) is 36.9 Å². The molecule has 0 saturated heterocycles. The van der Waals surface area contributed by atoms with Gasteiger partial charge in [0.05, 0.1) is 67.5 Å². The minimum atomic E-state index is -4.62. The Morgan fingerprint density at radius 3 is 1.09 bits per heavy atom. The number of alkyl halides is 6. The van der Waals surface area contributed by atoms with Gasteiger partial charge < -0.3 is 8.80 Å². The second kappa shape index (κ2) is 7.61. The van der Waals surface area contributed by atoms with E-state index in [0.29, 0.717) is 87.3 Å². The number of hydrogen-bond acceptors (Lipinski definition) is 2. The van der Waals surface area contributed by atoms with Gasteiger partial charge in [-0.2, -0.15) is 36.9 Å². The van der Waals surface area contributed by atoms with Gasteiger partial charge in [-0.25, -0.2) is 0 Å². The van der Waals surface area contributed by atoms with Gasteiger partial charge in [0.2, 0.25) is 0 Å². The van der Waals surface area contributed by atoms with Crippen LogP contribution in [0, 0.1) is 22.7 Å². The van der Waals surface area contributed by atoms with Crippen molar-refractivity contribution in [2.45, 2.75) is 12.4 Å². The minimum Gasteiger partial charge on any atom is -0.308 e. The predicted octanol–water partition coefficient (Wildman–Crippen LogP) is 9.77. The van der Waals surface area contributed by atoms with Crippen molar-refractivity contribution in [2.75, 3.05) is 0 Å². The molecule has 0 aliphatic carbocycles. The summed E-state index contributed by atoms with van der Waals surface area (Å²) >= 11 is 0. The van der Waals surface area contributed by atoms with Crippen LogP contribution in [0.1, 0.15) is 22.3 Å². The Morgan fingerprint density at radius 2 is 0.773 bits per heavy atom. The number of nitrogens with zero attached hydrogens (tertiary/aromatic N) is 4. The van der Waals surface area contributed by atoms with Crippen LogP contribution in [-0.2, 0) is 12.4 Å². The molecule has 0 unspecified atom stereocenters. The maximum Gasteiger partial charge on any atom is 0.416 e. The number of benzene rings is 5. The van der Waals surface area contributed by atoms with Gasteiger partial charge in [-0.15, -0.1) is 0 Å². The molecule has 5 aromatic carbocycles. The molecule has 0 N–H and O–H groups in total. The fourth-order valence-electron chi connectivity index (χ4n) is 7.18. The molecular formula is C34H12F6N4. The average molecular weight is 590 g/mol. The topological polar surface area (TPSA) is 56.4 Å². The van der Waals surface area contributed by atoms with Crippen molar-refractivity contribution in [2.24, 2.45) is 0 Å². The molecule has 0 radical (unpaired) electrons. The Kier molecular flexibility index (Phi) is 4.29. The maximum atomic E-state index is 14.0. The van der Waals surface area contributed by atoms with Crippen molar-refractivity contribution < 1.29 is 26.3 Å². The summed E-state index contributed by atoms with van der Waals surface area (Å²) in [5.41, 5.74) is 2.26. The summed E-state index contributed by atoms with van der Waals surface area (Å²) in [7, 11) is 0. The third-order valence-corrected chi connectivity index (χ3v) is 8.83. The summed E-state index contributed by atoms with van der Waals surface area (Å²) in [6, 6.07) is 21.3. The van der Waals surface area contributed by atoms with Crippen molar-refractivity contribution >= 4 is 76.2 Å². The summed E-state index contributed by atoms with van der Waals surface area (Å²) < 4.78 is 87.8. The standard InChI is InChI=1S/C34H12F6N4/c35-33(36,37)17-3-7-25-21(11-17)30-28-20-10-16(14-42)2-6-24(20)44-26-8-4-18(34(38,39)40)12-22(26)29(32(28)44)27-19-9-15(13-41)1-5-23(19)43(25)31(27)30/h1-12H. The van der Waals surface area contributed by atoms with Gasteiger partial charge in [-0.3, -0.25) is 0 Å². The zero-order valence-electron chi connectivity index (χ0n) is 22.0. The van der Waals surface area contributed by atoms with Crippen LogP contribution in [0.5, 0.6) is 0 Å². The lowest BCUT2D eigenvalue weighted by Crippen LogP contribution is -2.04. The molecule has 0 aliphatic rings. The fraction of sp³-hybridized carbons (Fsp3) is 0.0588. The lowest BCUT2D eigenvalue weighted by Gasteiger charge is -2.08. The summed E-state index contributed by atoms with van der Waals surface area (Å²) in [6.45, 7) is 0. The third-order valence-electron chi connectivity index (χ3n) is 8.83. The van der Waals surface area contributed by atoms with E-state index < -0.39 is 23.5 Å². The molecule has 0 bridgehead atoms. The molecule has 10 heteroatoms. The fourth-order valence-corrected chi connectivity index (χ4v) is 7.18. The van der Waals surface area contributed by atoms with E-state index in [1.807, 2.05) is 8.80 Å². The highest BCUT2D eigenvalue weighted by atomic mass is 19.4. The highest BCUT2D eigenvalue weighted by Crippen LogP contribution is 2.52. The highest BCUT2D eigenvalue weighted by Gasteiger charge is 2.35. The Hall–Kier alpha value is -5.74. The van der Waals surface area contributed by atoms with Crippen LogP contribution in [0.2, 0.25) is 0 Å². The largest absolute Gasteiger partial charge is 0.416 e. The van der Waals surface area contributed by atoms with Crippen molar-refractivity contribution in [1.29, 1.82) is 10.5 Å². The minimum absolute atomic E-state index is 0.325. The number of fused-ring (bicyclic) bond motifs is 14. The molecule has 0 saturated carbocycles. The first-order chi connectivity index (χ1) is 21.0. The quantitative estimate of drug-likeness (QED) is 0.165. The van der Waals surface area contributed by atoms with Gasteiger partial charge in [0.1, 0.15) is 0 Å². The van der Waals surface area contributed by atoms with E-state index in [2.05, 4.69) is 12.1 Å². The molecule has 0 spiro atoms. The normalized spacial score (nSPS) is 13.2. The van der Waals surface area contributed by atoms with Crippen molar-refractivity contribution in [3.63, 3.8) is 0 Å². The summed E-state index contributed by atoms with van der Waals surface area (Å²) in [4.78, 5) is 0. The third kappa shape index (κ3) is 2.83. The molecule has 4 nitrogen and oxygen atoms in total. The first-order valence-electron chi connectivity index (χ1n) is 13.4. The lowest BCUT2D eigenvalue weighted by atomic mass is 9.96. The monoisotopic (exact) mass is 590 g/mol. The van der Waals surface area contributed by atoms with Crippen LogP contribution >= 0.6 is 0 Å². The number of hydrogen-bond donors (Lipinski definition) is 0. The zero-order valence-corrected chi connectivity index (χ0v) is 22.0. The molecule has 0 fully saturated rings. The van der Waals surface area contributed by atoms with Crippen LogP contribution in [-0.4, -0.2) is 8.80 Å². The van der Waals surface area contributed by atoms with E-state index >= 15 is 0 Å². The van der Waals surface area contributed by atoms with Crippen molar-refractivity contribution in [3.05, 3.63) is 95.1 Å². The number of aromatic nitrogens is 2. The van der Waals surface area contributed by atoms with Gasteiger partial charge in [-0.05, 0) is 72.8 Å². The second-order valence-corrected chi connectivity index (χ2v) is 11.0. The van der Waals surface area contributed by atoms with E-state index in [0.717, 1.165) is 24.3 Å². The number of rotatable bonds is 0. The predicted molar refractivity (Wildman–Crippen MR) is 155 cm³/mol. The summed E-state index contributed by atoms with van der Waals surface area (Å²) in [6.07, 6.45) is -9.23. The van der Waals surface area contributed by atoms with Crippen LogP contribution in [0.4, 0.5) is 26.3 Å². The van der Waals surface area contributed by atoms with Crippen LogP contribution in [0.15, 0.2) is 72.8 Å². The molecule has 210 valence electrons. The van der Waals surface area contributed by atoms with Crippen molar-refractivity contribution in [1.82, 2.24) is 8.80 Å². The number of nitriles is 2. The van der Waals surface area contributed by atoms with Crippen LogP contribution in [0.25, 0.3) is 76.2 Å². The summed E-state index contributed by atoms with van der Waals surface area (Å²) in [5.74, 6) is 0. The molecule has 0 amide bonds. The molecule has 0 aliphatic heterocycles. The van der Waals surface area contributed by atoms with Crippen LogP contribution < -0.4 is 0 Å². The Morgan fingerprint density at radius 1 is 0.455 bits per heavy atom. The lowest BCUT2D eigenvalue weighted by molar-refractivity contribution is -0.138. The van der Waals surface area contributed by atoms with Gasteiger partial charge >= 0.3 is 12.4 Å². The van der Waals surface area contributed by atoms with E-state index in [1.54, 1.807) is 36.4 Å². The average Bonchev–Trinajstić information content (AvgIpc) is 3.71. The molecule has 9 aromatic rings. The smallest absolute Gasteiger partial charge is 0.308 e. The molecular weight excluding hydrogens is 578 g/mol. The molecule has 9 rings (SSSR count). The van der Waals surface area contributed by atoms with Gasteiger partial charge in [0.25, 0.3) is 0 Å². The van der Waals surface area contributed by atoms with Crippen molar-refractivity contribution in [3.8, 4) is 12.1 Å². The molecule has 4 heterocycles. The zero-order chi connectivity index (χ0) is 30.4. The van der Waals surface area contributed by atoms with E-state index in [1.165, 1.54) is 12.1 Å². The second-order valence-electron chi connectivity index (χ2n) is 11.0. The van der Waals surface area contributed by atoms with Crippen LogP contribution in [0.3, 0.4) is 0 Å². The number of halogens is 6. The van der Waals surface area contributed by atoms with Gasteiger partial charge in [0.15, 0.2) is 0 Å². The molecule has 0 atom stereocenters. The molecule has 4 aromatic heterocycles. The Bertz CT molecular complexity index is 2620. The highest BCUT2D eigenvalue weighted by molar-refractivity contribution is 6.45. The van der Waals surface area contributed by atoms with Gasteiger partial charge in [0, 0.05) is 43.1 Å². The van der Waals surface area contributed by atoms with E-state index in [4.69, 9.17) is 0 Å². The molecule has 44 heavy (non-hydrogen) atoms. The first-order valence-corrected chi connectivity index (χ1v) is 13.4. The SMILES string of the molecule is N#Cc1ccc2c(c1)c1c3c4cc(C(F)(F)F)ccc4n4c5ccc(C#N)cc5c(c5c6cc(C(F)(F)F)ccc6n2c15)c34. The Labute approximate surface area is 241 Å².